The molecule has 3 aromatic rings. The molecule has 2 aromatic carbocycles. The first-order valence-corrected chi connectivity index (χ1v) is 11.0. The number of para-hydroxylation sites is 2. The Hall–Kier alpha value is -2.41. The van der Waals surface area contributed by atoms with Crippen LogP contribution in [0.25, 0.3) is 10.6 Å². The highest BCUT2D eigenvalue weighted by Gasteiger charge is 2.20. The molecule has 0 aliphatic carbocycles. The predicted octanol–water partition coefficient (Wildman–Crippen LogP) is 4.86. The molecule has 7 heteroatoms. The monoisotopic (exact) mass is 426 g/mol. The zero-order valence-corrected chi connectivity index (χ0v) is 17.8. The Balaban J connectivity index is 1.49. The molecule has 1 saturated heterocycles. The molecule has 0 atom stereocenters. The van der Waals surface area contributed by atoms with E-state index in [-0.39, 0.29) is 5.91 Å². The van der Waals surface area contributed by atoms with Gasteiger partial charge in [-0.05, 0) is 30.8 Å². The molecule has 150 valence electrons. The summed E-state index contributed by atoms with van der Waals surface area (Å²) < 4.78 is 0. The van der Waals surface area contributed by atoms with Crippen molar-refractivity contribution < 1.29 is 4.79 Å². The Kier molecular flexibility index (Phi) is 6.13. The number of hydrogen-bond donors (Lipinski definition) is 1. The molecular formula is C22H23ClN4OS. The summed E-state index contributed by atoms with van der Waals surface area (Å²) in [5.41, 5.74) is 3.26. The number of halogens is 1. The van der Waals surface area contributed by atoms with E-state index in [0.29, 0.717) is 10.7 Å². The van der Waals surface area contributed by atoms with Crippen LogP contribution in [0, 0.1) is 0 Å². The summed E-state index contributed by atoms with van der Waals surface area (Å²) in [6.07, 6.45) is 0. The molecular weight excluding hydrogens is 404 g/mol. The maximum absolute atomic E-state index is 12.8. The molecule has 5 nitrogen and oxygen atoms in total. The summed E-state index contributed by atoms with van der Waals surface area (Å²) in [7, 11) is 0. The average molecular weight is 427 g/mol. The zero-order chi connectivity index (χ0) is 20.2. The van der Waals surface area contributed by atoms with Gasteiger partial charge in [-0.3, -0.25) is 4.79 Å². The van der Waals surface area contributed by atoms with Crippen LogP contribution >= 0.6 is 22.9 Å². The van der Waals surface area contributed by atoms with Crippen LogP contribution < -0.4 is 10.2 Å². The fourth-order valence-corrected chi connectivity index (χ4v) is 4.38. The van der Waals surface area contributed by atoms with Gasteiger partial charge in [0.15, 0.2) is 0 Å². The molecule has 1 aliphatic heterocycles. The zero-order valence-electron chi connectivity index (χ0n) is 16.3. The number of carbonyl (C=O) groups excluding carboxylic acids is 1. The average Bonchev–Trinajstić information content (AvgIpc) is 3.25. The number of amides is 1. The lowest BCUT2D eigenvalue weighted by Gasteiger charge is -2.36. The quantitative estimate of drug-likeness (QED) is 0.633. The van der Waals surface area contributed by atoms with Crippen molar-refractivity contribution in [3.05, 3.63) is 64.6 Å². The highest BCUT2D eigenvalue weighted by atomic mass is 35.5. The number of nitrogens with one attached hydrogen (secondary N) is 1. The number of carbonyl (C=O) groups is 1. The standard InChI is InChI=1S/C22H23ClN4OS/c1-2-26-11-13-27(14-12-26)20-6-4-3-5-18(20)24-21(28)19-15-29-22(25-19)16-7-9-17(23)10-8-16/h3-10,15H,2,11-14H2,1H3,(H,24,28). The molecule has 0 saturated carbocycles. The van der Waals surface area contributed by atoms with E-state index in [2.05, 4.69) is 33.1 Å². The fourth-order valence-electron chi connectivity index (χ4n) is 3.45. The number of rotatable bonds is 5. The van der Waals surface area contributed by atoms with Crippen molar-refractivity contribution in [2.75, 3.05) is 42.9 Å². The molecule has 0 radical (unpaired) electrons. The molecule has 1 fully saturated rings. The molecule has 29 heavy (non-hydrogen) atoms. The summed E-state index contributed by atoms with van der Waals surface area (Å²) in [6.45, 7) is 7.25. The van der Waals surface area contributed by atoms with Crippen LogP contribution in [0.15, 0.2) is 53.9 Å². The number of benzene rings is 2. The van der Waals surface area contributed by atoms with E-state index in [1.807, 2.05) is 42.5 Å². The van der Waals surface area contributed by atoms with Gasteiger partial charge in [-0.2, -0.15) is 0 Å². The van der Waals surface area contributed by atoms with E-state index in [1.165, 1.54) is 11.3 Å². The van der Waals surface area contributed by atoms with E-state index in [9.17, 15) is 4.79 Å². The first-order chi connectivity index (χ1) is 14.1. The topological polar surface area (TPSA) is 48.5 Å². The first kappa shape index (κ1) is 19.9. The lowest BCUT2D eigenvalue weighted by molar-refractivity contribution is 0.102. The minimum Gasteiger partial charge on any atom is -0.367 e. The normalized spacial score (nSPS) is 14.8. The van der Waals surface area contributed by atoms with E-state index >= 15 is 0 Å². The minimum absolute atomic E-state index is 0.193. The third-order valence-corrected chi connectivity index (χ3v) is 6.28. The Morgan fingerprint density at radius 3 is 2.55 bits per heavy atom. The SMILES string of the molecule is CCN1CCN(c2ccccc2NC(=O)c2csc(-c3ccc(Cl)cc3)n2)CC1. The van der Waals surface area contributed by atoms with Crippen molar-refractivity contribution in [1.29, 1.82) is 0 Å². The lowest BCUT2D eigenvalue weighted by atomic mass is 10.2. The van der Waals surface area contributed by atoms with Crippen molar-refractivity contribution in [3.8, 4) is 10.6 Å². The number of hydrogen-bond acceptors (Lipinski definition) is 5. The number of nitrogens with zero attached hydrogens (tertiary/aromatic N) is 3. The highest BCUT2D eigenvalue weighted by molar-refractivity contribution is 7.13. The second kappa shape index (κ2) is 8.95. The number of likely N-dealkylation sites (N-methyl/N-ethyl adjacent to an activating group) is 1. The van der Waals surface area contributed by atoms with Gasteiger partial charge in [0.05, 0.1) is 11.4 Å². The summed E-state index contributed by atoms with van der Waals surface area (Å²) in [6, 6.07) is 15.4. The van der Waals surface area contributed by atoms with Gasteiger partial charge in [-0.1, -0.05) is 42.8 Å². The second-order valence-corrected chi connectivity index (χ2v) is 8.23. The van der Waals surface area contributed by atoms with Crippen LogP contribution in [-0.2, 0) is 0 Å². The van der Waals surface area contributed by atoms with Crippen LogP contribution in [0.4, 0.5) is 11.4 Å². The molecule has 0 unspecified atom stereocenters. The Bertz CT molecular complexity index is 980. The maximum Gasteiger partial charge on any atom is 0.275 e. The minimum atomic E-state index is -0.193. The van der Waals surface area contributed by atoms with Crippen LogP contribution in [-0.4, -0.2) is 48.5 Å². The molecule has 0 spiro atoms. The van der Waals surface area contributed by atoms with Crippen LogP contribution in [0.1, 0.15) is 17.4 Å². The number of aromatic nitrogens is 1. The van der Waals surface area contributed by atoms with Crippen molar-refractivity contribution in [2.45, 2.75) is 6.92 Å². The van der Waals surface area contributed by atoms with Gasteiger partial charge < -0.3 is 15.1 Å². The van der Waals surface area contributed by atoms with E-state index < -0.39 is 0 Å². The van der Waals surface area contributed by atoms with Gasteiger partial charge in [0, 0.05) is 42.1 Å². The number of anilines is 2. The maximum atomic E-state index is 12.8. The summed E-state index contributed by atoms with van der Waals surface area (Å²) in [5.74, 6) is -0.193. The van der Waals surface area contributed by atoms with Crippen LogP contribution in [0.2, 0.25) is 5.02 Å². The Morgan fingerprint density at radius 2 is 1.83 bits per heavy atom. The van der Waals surface area contributed by atoms with Gasteiger partial charge in [0.25, 0.3) is 5.91 Å². The molecule has 1 N–H and O–H groups in total. The largest absolute Gasteiger partial charge is 0.367 e. The van der Waals surface area contributed by atoms with Gasteiger partial charge >= 0.3 is 0 Å². The van der Waals surface area contributed by atoms with Gasteiger partial charge in [-0.15, -0.1) is 11.3 Å². The molecule has 4 rings (SSSR count). The lowest BCUT2D eigenvalue weighted by Crippen LogP contribution is -2.46. The fraction of sp³-hybridized carbons (Fsp3) is 0.273. The van der Waals surface area contributed by atoms with Gasteiger partial charge in [0.1, 0.15) is 10.7 Å². The molecule has 1 amide bonds. The van der Waals surface area contributed by atoms with Crippen molar-refractivity contribution in [2.24, 2.45) is 0 Å². The van der Waals surface area contributed by atoms with Crippen molar-refractivity contribution >= 4 is 40.2 Å². The highest BCUT2D eigenvalue weighted by Crippen LogP contribution is 2.29. The molecule has 1 aliphatic rings. The predicted molar refractivity (Wildman–Crippen MR) is 121 cm³/mol. The van der Waals surface area contributed by atoms with Crippen molar-refractivity contribution in [1.82, 2.24) is 9.88 Å². The van der Waals surface area contributed by atoms with E-state index in [0.717, 1.165) is 54.7 Å². The third-order valence-electron chi connectivity index (χ3n) is 5.14. The van der Waals surface area contributed by atoms with Gasteiger partial charge in [0.2, 0.25) is 0 Å². The summed E-state index contributed by atoms with van der Waals surface area (Å²) >= 11 is 7.40. The molecule has 2 heterocycles. The third kappa shape index (κ3) is 4.61. The number of piperazine rings is 1. The second-order valence-electron chi connectivity index (χ2n) is 6.94. The van der Waals surface area contributed by atoms with Crippen molar-refractivity contribution in [3.63, 3.8) is 0 Å². The summed E-state index contributed by atoms with van der Waals surface area (Å²) in [5, 5.41) is 6.33. The number of thiazole rings is 1. The van der Waals surface area contributed by atoms with E-state index in [4.69, 9.17) is 11.6 Å². The Morgan fingerprint density at radius 1 is 1.10 bits per heavy atom. The molecule has 1 aromatic heterocycles. The van der Waals surface area contributed by atoms with Crippen LogP contribution in [0.5, 0.6) is 0 Å². The van der Waals surface area contributed by atoms with E-state index in [1.54, 1.807) is 5.38 Å². The van der Waals surface area contributed by atoms with Gasteiger partial charge in [-0.25, -0.2) is 4.98 Å². The summed E-state index contributed by atoms with van der Waals surface area (Å²) in [4.78, 5) is 22.1. The first-order valence-electron chi connectivity index (χ1n) is 9.73. The molecule has 0 bridgehead atoms. The van der Waals surface area contributed by atoms with Crippen LogP contribution in [0.3, 0.4) is 0 Å². The Labute approximate surface area is 179 Å². The smallest absolute Gasteiger partial charge is 0.275 e.